The maximum absolute atomic E-state index is 13.1. The number of rotatable bonds is 79. The SMILES string of the molecule is CCCCCCCCCCCCCCCCCCCCCC(=O)O[C@H](COC(=O)CCCCCCCCCCCCCCCCC(C)CC)COP(=O)(O)OC[C@@H](O)COP(=O)(O)OC[C@@H](COC(=O)CCCCCCCCCCC(C)C)OC(=O)CCCCCCCCCCC(C)CC. The standard InChI is InChI=1S/C81H158O17P2/c1-8-11-12-13-14-15-16-17-18-19-20-21-22-27-30-33-43-50-57-64-80(85)97-76(68-91-78(83)62-55-48-41-32-29-26-24-23-25-28-31-39-46-53-60-73(6)9-2)70-95-99(87,88)93-66-75(82)67-94-100(89,90)96-71-77(69-92-79(84)63-56-49-42-36-34-38-45-52-59-72(4)5)98-81(86)65-58-51-44-37-35-40-47-54-61-74(7)10-3/h72-77,82H,8-71H2,1-7H3,(H,87,88)(H,89,90)/t73?,74?,75-,76-,77-/m1/s1. The number of hydrogen-bond donors (Lipinski definition) is 3. The van der Waals surface area contributed by atoms with Crippen LogP contribution in [0.25, 0.3) is 0 Å². The highest BCUT2D eigenvalue weighted by atomic mass is 31.2. The minimum atomic E-state index is -4.96. The van der Waals surface area contributed by atoms with Crippen molar-refractivity contribution < 1.29 is 80.2 Å². The first-order valence-electron chi connectivity index (χ1n) is 41.9. The zero-order chi connectivity index (χ0) is 73.7. The smallest absolute Gasteiger partial charge is 0.462 e. The van der Waals surface area contributed by atoms with E-state index in [0.29, 0.717) is 25.7 Å². The summed E-state index contributed by atoms with van der Waals surface area (Å²) in [6, 6.07) is 0. The first kappa shape index (κ1) is 98.1. The maximum atomic E-state index is 13.1. The molecule has 19 heteroatoms. The molecule has 0 aromatic heterocycles. The van der Waals surface area contributed by atoms with Crippen LogP contribution in [0, 0.1) is 17.8 Å². The molecule has 0 bridgehead atoms. The van der Waals surface area contributed by atoms with Gasteiger partial charge in [0.25, 0.3) is 0 Å². The van der Waals surface area contributed by atoms with Crippen molar-refractivity contribution >= 4 is 39.5 Å². The van der Waals surface area contributed by atoms with Gasteiger partial charge < -0.3 is 33.8 Å². The number of carbonyl (C=O) groups excluding carboxylic acids is 4. The van der Waals surface area contributed by atoms with E-state index in [1.54, 1.807) is 0 Å². The summed E-state index contributed by atoms with van der Waals surface area (Å²) in [5.41, 5.74) is 0. The van der Waals surface area contributed by atoms with Crippen LogP contribution >= 0.6 is 15.6 Å². The van der Waals surface area contributed by atoms with Crippen molar-refractivity contribution in [1.29, 1.82) is 0 Å². The van der Waals surface area contributed by atoms with Crippen LogP contribution in [0.2, 0.25) is 0 Å². The molecule has 7 atom stereocenters. The molecule has 0 aliphatic rings. The van der Waals surface area contributed by atoms with Crippen molar-refractivity contribution in [2.24, 2.45) is 17.8 Å². The highest BCUT2D eigenvalue weighted by molar-refractivity contribution is 7.47. The average molecular weight is 1470 g/mol. The lowest BCUT2D eigenvalue weighted by Crippen LogP contribution is -2.30. The number of ether oxygens (including phenoxy) is 4. The Kier molecular flexibility index (Phi) is 69.9. The number of carbonyl (C=O) groups is 4. The minimum Gasteiger partial charge on any atom is -0.462 e. The summed E-state index contributed by atoms with van der Waals surface area (Å²) in [5, 5.41) is 10.6. The number of hydrogen-bond acceptors (Lipinski definition) is 15. The van der Waals surface area contributed by atoms with Gasteiger partial charge in [0.05, 0.1) is 26.4 Å². The van der Waals surface area contributed by atoms with E-state index in [1.807, 2.05) is 0 Å². The van der Waals surface area contributed by atoms with Crippen LogP contribution in [0.4, 0.5) is 0 Å². The minimum absolute atomic E-state index is 0.104. The van der Waals surface area contributed by atoms with Crippen LogP contribution in [0.15, 0.2) is 0 Å². The largest absolute Gasteiger partial charge is 0.472 e. The molecular formula is C81H158O17P2. The predicted octanol–water partition coefficient (Wildman–Crippen LogP) is 24.1. The third kappa shape index (κ3) is 71.7. The first-order valence-corrected chi connectivity index (χ1v) is 44.9. The molecule has 0 aliphatic carbocycles. The van der Waals surface area contributed by atoms with Crippen molar-refractivity contribution in [3.05, 3.63) is 0 Å². The summed E-state index contributed by atoms with van der Waals surface area (Å²) in [5.74, 6) is 0.233. The van der Waals surface area contributed by atoms with Crippen molar-refractivity contribution in [2.45, 2.75) is 439 Å². The quantitative estimate of drug-likeness (QED) is 0.0222. The highest BCUT2D eigenvalue weighted by Crippen LogP contribution is 2.45. The molecule has 0 saturated carbocycles. The van der Waals surface area contributed by atoms with Gasteiger partial charge in [-0.05, 0) is 43.4 Å². The molecule has 594 valence electrons. The van der Waals surface area contributed by atoms with Crippen LogP contribution in [0.1, 0.15) is 421 Å². The Hall–Kier alpha value is -1.94. The molecule has 0 rings (SSSR count). The van der Waals surface area contributed by atoms with Crippen molar-refractivity contribution in [3.8, 4) is 0 Å². The number of phosphoric ester groups is 2. The third-order valence-corrected chi connectivity index (χ3v) is 21.5. The average Bonchev–Trinajstić information content (AvgIpc) is 0.925. The molecular weight excluding hydrogens is 1310 g/mol. The number of aliphatic hydroxyl groups is 1. The van der Waals surface area contributed by atoms with Gasteiger partial charge in [-0.2, -0.15) is 0 Å². The number of unbranched alkanes of at least 4 members (excludes halogenated alkanes) is 45. The van der Waals surface area contributed by atoms with E-state index < -0.39 is 97.5 Å². The van der Waals surface area contributed by atoms with Crippen molar-refractivity contribution in [1.82, 2.24) is 0 Å². The second kappa shape index (κ2) is 71.3. The van der Waals surface area contributed by atoms with E-state index in [2.05, 4.69) is 48.5 Å². The van der Waals surface area contributed by atoms with Crippen LogP contribution < -0.4 is 0 Å². The summed E-state index contributed by atoms with van der Waals surface area (Å²) in [4.78, 5) is 73.0. The van der Waals surface area contributed by atoms with Crippen molar-refractivity contribution in [2.75, 3.05) is 39.6 Å². The van der Waals surface area contributed by atoms with E-state index >= 15 is 0 Å². The van der Waals surface area contributed by atoms with Gasteiger partial charge in [0, 0.05) is 25.7 Å². The van der Waals surface area contributed by atoms with Crippen LogP contribution in [-0.2, 0) is 65.4 Å². The second-order valence-electron chi connectivity index (χ2n) is 30.1. The number of aliphatic hydroxyl groups excluding tert-OH is 1. The first-order chi connectivity index (χ1) is 48.3. The van der Waals surface area contributed by atoms with Crippen LogP contribution in [0.3, 0.4) is 0 Å². The Bertz CT molecular complexity index is 1940. The number of esters is 4. The molecule has 0 spiro atoms. The molecule has 0 aromatic carbocycles. The maximum Gasteiger partial charge on any atom is 0.472 e. The Morgan fingerprint density at radius 1 is 0.290 bits per heavy atom. The summed E-state index contributed by atoms with van der Waals surface area (Å²) in [7, 11) is -9.92. The number of phosphoric acid groups is 2. The fraction of sp³-hybridized carbons (Fsp3) is 0.951. The van der Waals surface area contributed by atoms with E-state index in [0.717, 1.165) is 108 Å². The summed E-state index contributed by atoms with van der Waals surface area (Å²) < 4.78 is 68.7. The fourth-order valence-corrected chi connectivity index (χ4v) is 14.0. The zero-order valence-corrected chi connectivity index (χ0v) is 67.5. The molecule has 0 fully saturated rings. The van der Waals surface area contributed by atoms with E-state index in [9.17, 15) is 43.2 Å². The van der Waals surface area contributed by atoms with Crippen LogP contribution in [-0.4, -0.2) is 96.7 Å². The van der Waals surface area contributed by atoms with E-state index in [-0.39, 0.29) is 25.7 Å². The topological polar surface area (TPSA) is 237 Å². The Labute approximate surface area is 613 Å². The summed E-state index contributed by atoms with van der Waals surface area (Å²) >= 11 is 0. The monoisotopic (exact) mass is 1470 g/mol. The third-order valence-electron chi connectivity index (χ3n) is 19.6. The van der Waals surface area contributed by atoms with E-state index in [4.69, 9.17) is 37.0 Å². The molecule has 100 heavy (non-hydrogen) atoms. The molecule has 0 amide bonds. The van der Waals surface area contributed by atoms with Gasteiger partial charge in [0.1, 0.15) is 19.3 Å². The Balaban J connectivity index is 5.24. The molecule has 3 N–H and O–H groups in total. The highest BCUT2D eigenvalue weighted by Gasteiger charge is 2.30. The van der Waals surface area contributed by atoms with Gasteiger partial charge in [-0.25, -0.2) is 9.13 Å². The molecule has 17 nitrogen and oxygen atoms in total. The summed E-state index contributed by atoms with van der Waals surface area (Å²) in [6.45, 7) is 12.0. The van der Waals surface area contributed by atoms with E-state index in [1.165, 1.54) is 231 Å². The lowest BCUT2D eigenvalue weighted by atomic mass is 9.99. The molecule has 0 aliphatic heterocycles. The van der Waals surface area contributed by atoms with Gasteiger partial charge in [-0.15, -0.1) is 0 Å². The molecule has 0 aromatic rings. The van der Waals surface area contributed by atoms with Gasteiger partial charge >= 0.3 is 39.5 Å². The van der Waals surface area contributed by atoms with Gasteiger partial charge in [-0.3, -0.25) is 37.3 Å². The van der Waals surface area contributed by atoms with Gasteiger partial charge in [0.15, 0.2) is 12.2 Å². The predicted molar refractivity (Wildman–Crippen MR) is 409 cm³/mol. The zero-order valence-electron chi connectivity index (χ0n) is 65.7. The molecule has 0 saturated heterocycles. The van der Waals surface area contributed by atoms with Crippen LogP contribution in [0.5, 0.6) is 0 Å². The van der Waals surface area contributed by atoms with Gasteiger partial charge in [-0.1, -0.05) is 370 Å². The van der Waals surface area contributed by atoms with Crippen molar-refractivity contribution in [3.63, 3.8) is 0 Å². The molecule has 0 radical (unpaired) electrons. The summed E-state index contributed by atoms with van der Waals surface area (Å²) in [6.07, 6.45) is 59.6. The van der Waals surface area contributed by atoms with Gasteiger partial charge in [0.2, 0.25) is 0 Å². The normalized spacial score (nSPS) is 14.5. The molecule has 4 unspecified atom stereocenters. The lowest BCUT2D eigenvalue weighted by molar-refractivity contribution is -0.161. The lowest BCUT2D eigenvalue weighted by Gasteiger charge is -2.21. The Morgan fingerprint density at radius 3 is 0.760 bits per heavy atom. The Morgan fingerprint density at radius 2 is 0.510 bits per heavy atom. The fourth-order valence-electron chi connectivity index (χ4n) is 12.4. The molecule has 0 heterocycles. The second-order valence-corrected chi connectivity index (χ2v) is 33.0.